The summed E-state index contributed by atoms with van der Waals surface area (Å²) in [5.74, 6) is -0.576. The zero-order valence-electron chi connectivity index (χ0n) is 10.1. The first-order chi connectivity index (χ1) is 9.47. The maximum atomic E-state index is 11.8. The molecule has 0 atom stereocenters. The predicted octanol–water partition coefficient (Wildman–Crippen LogP) is 3.12. The molecule has 0 aliphatic rings. The van der Waals surface area contributed by atoms with E-state index in [-0.39, 0.29) is 4.88 Å². The van der Waals surface area contributed by atoms with Crippen LogP contribution in [0.3, 0.4) is 0 Å². The van der Waals surface area contributed by atoms with Crippen LogP contribution in [0.1, 0.15) is 15.4 Å². The van der Waals surface area contributed by atoms with Crippen molar-refractivity contribution in [2.75, 3.05) is 5.32 Å². The van der Waals surface area contributed by atoms with Crippen LogP contribution in [0.2, 0.25) is 10.0 Å². The van der Waals surface area contributed by atoms with Crippen molar-refractivity contribution in [3.05, 3.63) is 38.8 Å². The highest BCUT2D eigenvalue weighted by Crippen LogP contribution is 2.25. The molecule has 2 N–H and O–H groups in total. The Kier molecular flexibility index (Phi) is 4.53. The van der Waals surface area contributed by atoms with Crippen molar-refractivity contribution in [2.45, 2.75) is 6.92 Å². The van der Waals surface area contributed by atoms with E-state index in [1.165, 1.54) is 6.07 Å². The van der Waals surface area contributed by atoms with E-state index in [0.29, 0.717) is 21.4 Å². The Balaban J connectivity index is 2.04. The predicted molar refractivity (Wildman–Crippen MR) is 77.6 cm³/mol. The third-order valence-electron chi connectivity index (χ3n) is 2.26. The quantitative estimate of drug-likeness (QED) is 0.885. The number of carbonyl (C=O) groups is 2. The van der Waals surface area contributed by atoms with Gasteiger partial charge in [-0.05, 0) is 36.7 Å². The van der Waals surface area contributed by atoms with Crippen molar-refractivity contribution in [1.29, 1.82) is 0 Å². The average Bonchev–Trinajstić information content (AvgIpc) is 2.80. The number of hydrogen-bond acceptors (Lipinski definition) is 5. The van der Waals surface area contributed by atoms with Gasteiger partial charge in [0.05, 0.1) is 16.4 Å². The fraction of sp³-hybridized carbons (Fsp3) is 0.0909. The molecule has 0 saturated carbocycles. The van der Waals surface area contributed by atoms with Gasteiger partial charge in [0.15, 0.2) is 0 Å². The van der Waals surface area contributed by atoms with E-state index in [9.17, 15) is 9.59 Å². The molecule has 0 unspecified atom stereocenters. The highest BCUT2D eigenvalue weighted by Gasteiger charge is 2.16. The summed E-state index contributed by atoms with van der Waals surface area (Å²) < 4.78 is 3.62. The SMILES string of the molecule is Cc1nnsc1C(=O)NC(=O)Nc1cc(Cl)ccc1Cl. The molecule has 3 amide bonds. The number of imide groups is 1. The lowest BCUT2D eigenvalue weighted by molar-refractivity contribution is 0.0970. The van der Waals surface area contributed by atoms with Gasteiger partial charge in [-0.2, -0.15) is 0 Å². The molecule has 0 radical (unpaired) electrons. The number of anilines is 1. The Hall–Kier alpha value is -1.70. The second-order valence-electron chi connectivity index (χ2n) is 3.72. The first-order valence-corrected chi connectivity index (χ1v) is 6.86. The molecule has 104 valence electrons. The van der Waals surface area contributed by atoms with E-state index >= 15 is 0 Å². The number of nitrogens with one attached hydrogen (secondary N) is 2. The number of amides is 3. The standard InChI is InChI=1S/C11H8Cl2N4O2S/c1-5-9(20-17-16-5)10(18)15-11(19)14-8-4-6(12)2-3-7(8)13/h2-4H,1H3,(H2,14,15,18,19). The van der Waals surface area contributed by atoms with Crippen LogP contribution in [0.4, 0.5) is 10.5 Å². The van der Waals surface area contributed by atoms with Crippen LogP contribution in [-0.4, -0.2) is 21.5 Å². The summed E-state index contributed by atoms with van der Waals surface area (Å²) in [6, 6.07) is 3.89. The van der Waals surface area contributed by atoms with Crippen LogP contribution >= 0.6 is 34.7 Å². The van der Waals surface area contributed by atoms with E-state index < -0.39 is 11.9 Å². The van der Waals surface area contributed by atoms with Crippen molar-refractivity contribution >= 4 is 52.4 Å². The number of aromatic nitrogens is 2. The van der Waals surface area contributed by atoms with Crippen molar-refractivity contribution in [3.63, 3.8) is 0 Å². The summed E-state index contributed by atoms with van der Waals surface area (Å²) in [6.07, 6.45) is 0. The van der Waals surface area contributed by atoms with Gasteiger partial charge < -0.3 is 5.32 Å². The number of hydrogen-bond donors (Lipinski definition) is 2. The Bertz CT molecular complexity index is 674. The summed E-state index contributed by atoms with van der Waals surface area (Å²) in [5, 5.41) is 9.02. The minimum atomic E-state index is -0.716. The normalized spacial score (nSPS) is 10.2. The smallest absolute Gasteiger partial charge is 0.306 e. The highest BCUT2D eigenvalue weighted by molar-refractivity contribution is 7.08. The maximum absolute atomic E-state index is 11.8. The van der Waals surface area contributed by atoms with Crippen LogP contribution in [0.5, 0.6) is 0 Å². The van der Waals surface area contributed by atoms with Crippen molar-refractivity contribution < 1.29 is 9.59 Å². The topological polar surface area (TPSA) is 84.0 Å². The molecule has 0 fully saturated rings. The highest BCUT2D eigenvalue weighted by atomic mass is 35.5. The van der Waals surface area contributed by atoms with E-state index in [2.05, 4.69) is 20.2 Å². The van der Waals surface area contributed by atoms with Crippen molar-refractivity contribution in [2.24, 2.45) is 0 Å². The first-order valence-electron chi connectivity index (χ1n) is 5.33. The Labute approximate surface area is 128 Å². The van der Waals surface area contributed by atoms with E-state index in [4.69, 9.17) is 23.2 Å². The Morgan fingerprint density at radius 2 is 2.05 bits per heavy atom. The number of rotatable bonds is 2. The summed E-state index contributed by atoms with van der Waals surface area (Å²) in [5.41, 5.74) is 0.768. The van der Waals surface area contributed by atoms with Gasteiger partial charge in [-0.15, -0.1) is 5.10 Å². The lowest BCUT2D eigenvalue weighted by atomic mass is 10.3. The van der Waals surface area contributed by atoms with Crippen LogP contribution in [-0.2, 0) is 0 Å². The molecule has 2 aromatic rings. The molecule has 0 bridgehead atoms. The van der Waals surface area contributed by atoms with E-state index in [1.807, 2.05) is 0 Å². The second kappa shape index (κ2) is 6.17. The average molecular weight is 331 g/mol. The molecule has 0 saturated heterocycles. The maximum Gasteiger partial charge on any atom is 0.326 e. The summed E-state index contributed by atoms with van der Waals surface area (Å²) in [7, 11) is 0. The minimum absolute atomic E-state index is 0.275. The fourth-order valence-corrected chi connectivity index (χ4v) is 2.24. The van der Waals surface area contributed by atoms with Gasteiger partial charge in [-0.25, -0.2) is 4.79 Å². The molecular formula is C11H8Cl2N4O2S. The molecule has 1 heterocycles. The van der Waals surface area contributed by atoms with Gasteiger partial charge >= 0.3 is 6.03 Å². The largest absolute Gasteiger partial charge is 0.326 e. The summed E-state index contributed by atoms with van der Waals surface area (Å²) >= 11 is 12.6. The van der Waals surface area contributed by atoms with Crippen LogP contribution in [0, 0.1) is 6.92 Å². The molecule has 6 nitrogen and oxygen atoms in total. The van der Waals surface area contributed by atoms with Gasteiger partial charge in [0.2, 0.25) is 0 Å². The van der Waals surface area contributed by atoms with Crippen LogP contribution in [0.25, 0.3) is 0 Å². The zero-order valence-corrected chi connectivity index (χ0v) is 12.4. The van der Waals surface area contributed by atoms with Gasteiger partial charge in [0.25, 0.3) is 5.91 Å². The van der Waals surface area contributed by atoms with Crippen LogP contribution < -0.4 is 10.6 Å². The molecule has 20 heavy (non-hydrogen) atoms. The molecule has 9 heteroatoms. The third-order valence-corrected chi connectivity index (χ3v) is 3.65. The zero-order chi connectivity index (χ0) is 14.7. The molecule has 0 aliphatic heterocycles. The summed E-state index contributed by atoms with van der Waals surface area (Å²) in [6.45, 7) is 1.63. The number of halogens is 2. The van der Waals surface area contributed by atoms with Crippen molar-refractivity contribution in [3.8, 4) is 0 Å². The first kappa shape index (κ1) is 14.7. The van der Waals surface area contributed by atoms with E-state index in [1.54, 1.807) is 19.1 Å². The molecular weight excluding hydrogens is 323 g/mol. The summed E-state index contributed by atoms with van der Waals surface area (Å²) in [4.78, 5) is 23.8. The molecule has 2 rings (SSSR count). The van der Waals surface area contributed by atoms with Gasteiger partial charge in [-0.1, -0.05) is 27.7 Å². The van der Waals surface area contributed by atoms with Gasteiger partial charge in [-0.3, -0.25) is 10.1 Å². The number of benzene rings is 1. The number of nitrogens with zero attached hydrogens (tertiary/aromatic N) is 2. The Morgan fingerprint density at radius 3 is 2.70 bits per heavy atom. The molecule has 1 aromatic heterocycles. The van der Waals surface area contributed by atoms with Gasteiger partial charge in [0, 0.05) is 5.02 Å². The lowest BCUT2D eigenvalue weighted by Crippen LogP contribution is -2.34. The monoisotopic (exact) mass is 330 g/mol. The number of urea groups is 1. The second-order valence-corrected chi connectivity index (χ2v) is 5.32. The van der Waals surface area contributed by atoms with Gasteiger partial charge in [0.1, 0.15) is 4.88 Å². The number of aryl methyl sites for hydroxylation is 1. The third kappa shape index (κ3) is 3.44. The minimum Gasteiger partial charge on any atom is -0.306 e. The number of carbonyl (C=O) groups excluding carboxylic acids is 2. The molecule has 0 aliphatic carbocycles. The van der Waals surface area contributed by atoms with E-state index in [0.717, 1.165) is 11.5 Å². The van der Waals surface area contributed by atoms with Crippen molar-refractivity contribution in [1.82, 2.24) is 14.9 Å². The lowest BCUT2D eigenvalue weighted by Gasteiger charge is -2.08. The fourth-order valence-electron chi connectivity index (χ4n) is 1.35. The molecule has 1 aromatic carbocycles. The Morgan fingerprint density at radius 1 is 1.30 bits per heavy atom. The molecule has 0 spiro atoms. The van der Waals surface area contributed by atoms with Crippen LogP contribution in [0.15, 0.2) is 18.2 Å².